The van der Waals surface area contributed by atoms with Gasteiger partial charge in [0.25, 0.3) is 0 Å². The van der Waals surface area contributed by atoms with Crippen molar-refractivity contribution in [2.24, 2.45) is 0 Å². The molecule has 0 bridgehead atoms. The molecule has 2 aromatic rings. The highest BCUT2D eigenvalue weighted by Crippen LogP contribution is 2.19. The van der Waals surface area contributed by atoms with Crippen LogP contribution in [-0.2, 0) is 11.2 Å². The summed E-state index contributed by atoms with van der Waals surface area (Å²) in [6.07, 6.45) is 1.19. The van der Waals surface area contributed by atoms with Gasteiger partial charge in [0.2, 0.25) is 5.91 Å². The van der Waals surface area contributed by atoms with Gasteiger partial charge >= 0.3 is 0 Å². The zero-order valence-electron chi connectivity index (χ0n) is 12.5. The van der Waals surface area contributed by atoms with E-state index in [1.54, 1.807) is 0 Å². The second-order valence-corrected chi connectivity index (χ2v) is 5.23. The highest BCUT2D eigenvalue weighted by molar-refractivity contribution is 5.78. The van der Waals surface area contributed by atoms with Gasteiger partial charge in [0, 0.05) is 18.2 Å². The van der Waals surface area contributed by atoms with E-state index in [1.165, 1.54) is 0 Å². The summed E-state index contributed by atoms with van der Waals surface area (Å²) in [5.41, 5.74) is 1.61. The molecule has 112 valence electrons. The third kappa shape index (κ3) is 5.04. The highest BCUT2D eigenvalue weighted by atomic mass is 16.5. The van der Waals surface area contributed by atoms with Gasteiger partial charge in [0.15, 0.2) is 5.76 Å². The lowest BCUT2D eigenvalue weighted by Crippen LogP contribution is -2.28. The van der Waals surface area contributed by atoms with Gasteiger partial charge in [-0.3, -0.25) is 4.79 Å². The number of amides is 1. The van der Waals surface area contributed by atoms with Crippen molar-refractivity contribution in [2.45, 2.75) is 12.8 Å². The van der Waals surface area contributed by atoms with E-state index in [0.29, 0.717) is 18.0 Å². The van der Waals surface area contributed by atoms with Crippen molar-refractivity contribution < 1.29 is 9.32 Å². The first kappa shape index (κ1) is 15.3. The zero-order chi connectivity index (χ0) is 15.1. The Kier molecular flexibility index (Phi) is 5.51. The Balaban J connectivity index is 1.81. The fourth-order valence-corrected chi connectivity index (χ4v) is 1.98. The first-order valence-corrected chi connectivity index (χ1v) is 7.07. The standard InChI is InChI=1S/C16H21N3O2/c1-19(2)10-6-9-17-16(20)12-14-11-15(21-18-14)13-7-4-3-5-8-13/h3-5,7-8,11H,6,9-10,12H2,1-2H3,(H,17,20). The zero-order valence-corrected chi connectivity index (χ0v) is 12.5. The van der Waals surface area contributed by atoms with Crippen LogP contribution in [0.15, 0.2) is 40.9 Å². The molecule has 0 radical (unpaired) electrons. The molecule has 1 N–H and O–H groups in total. The van der Waals surface area contributed by atoms with Crippen molar-refractivity contribution in [1.82, 2.24) is 15.4 Å². The van der Waals surface area contributed by atoms with Crippen LogP contribution in [0.1, 0.15) is 12.1 Å². The number of nitrogens with one attached hydrogen (secondary N) is 1. The molecule has 1 amide bonds. The summed E-state index contributed by atoms with van der Waals surface area (Å²) >= 11 is 0. The maximum atomic E-state index is 11.8. The SMILES string of the molecule is CN(C)CCCNC(=O)Cc1cc(-c2ccccc2)on1. The normalized spacial score (nSPS) is 10.8. The van der Waals surface area contributed by atoms with Crippen LogP contribution >= 0.6 is 0 Å². The van der Waals surface area contributed by atoms with E-state index in [2.05, 4.69) is 15.4 Å². The molecule has 0 saturated carbocycles. The van der Waals surface area contributed by atoms with Crippen LogP contribution in [0.3, 0.4) is 0 Å². The summed E-state index contributed by atoms with van der Waals surface area (Å²) < 4.78 is 5.27. The minimum absolute atomic E-state index is 0.0262. The van der Waals surface area contributed by atoms with E-state index < -0.39 is 0 Å². The van der Waals surface area contributed by atoms with Crippen molar-refractivity contribution in [3.05, 3.63) is 42.1 Å². The second kappa shape index (κ2) is 7.59. The van der Waals surface area contributed by atoms with Crippen molar-refractivity contribution in [1.29, 1.82) is 0 Å². The van der Waals surface area contributed by atoms with Crippen molar-refractivity contribution in [2.75, 3.05) is 27.2 Å². The fourth-order valence-electron chi connectivity index (χ4n) is 1.98. The number of rotatable bonds is 7. The molecular weight excluding hydrogens is 266 g/mol. The maximum absolute atomic E-state index is 11.8. The number of benzene rings is 1. The molecule has 5 heteroatoms. The summed E-state index contributed by atoms with van der Waals surface area (Å²) in [7, 11) is 4.03. The van der Waals surface area contributed by atoms with E-state index in [1.807, 2.05) is 50.5 Å². The third-order valence-electron chi connectivity index (χ3n) is 3.06. The van der Waals surface area contributed by atoms with E-state index in [-0.39, 0.29) is 12.3 Å². The Morgan fingerprint density at radius 3 is 2.76 bits per heavy atom. The predicted octanol–water partition coefficient (Wildman–Crippen LogP) is 1.95. The van der Waals surface area contributed by atoms with Crippen LogP contribution in [0, 0.1) is 0 Å². The number of aromatic nitrogens is 1. The summed E-state index contributed by atoms with van der Waals surface area (Å²) in [6, 6.07) is 11.5. The van der Waals surface area contributed by atoms with E-state index in [4.69, 9.17) is 4.52 Å². The average molecular weight is 287 g/mol. The number of hydrogen-bond acceptors (Lipinski definition) is 4. The number of carbonyl (C=O) groups is 1. The van der Waals surface area contributed by atoms with E-state index >= 15 is 0 Å². The maximum Gasteiger partial charge on any atom is 0.226 e. The first-order valence-electron chi connectivity index (χ1n) is 7.07. The first-order chi connectivity index (χ1) is 10.1. The Bertz CT molecular complexity index is 564. The molecule has 0 saturated heterocycles. The minimum Gasteiger partial charge on any atom is -0.356 e. The molecule has 5 nitrogen and oxygen atoms in total. The van der Waals surface area contributed by atoms with Crippen LogP contribution < -0.4 is 5.32 Å². The van der Waals surface area contributed by atoms with Crippen LogP contribution in [0.5, 0.6) is 0 Å². The molecule has 0 atom stereocenters. The molecule has 1 aromatic heterocycles. The van der Waals surface area contributed by atoms with E-state index in [0.717, 1.165) is 18.5 Å². The molecule has 0 spiro atoms. The number of hydrogen-bond donors (Lipinski definition) is 1. The molecular formula is C16H21N3O2. The Labute approximate surface area is 124 Å². The monoisotopic (exact) mass is 287 g/mol. The molecule has 2 rings (SSSR count). The lowest BCUT2D eigenvalue weighted by atomic mass is 10.1. The van der Waals surface area contributed by atoms with Crippen molar-refractivity contribution in [3.63, 3.8) is 0 Å². The van der Waals surface area contributed by atoms with Crippen molar-refractivity contribution in [3.8, 4) is 11.3 Å². The van der Waals surface area contributed by atoms with Gasteiger partial charge in [-0.15, -0.1) is 0 Å². The molecule has 0 unspecified atom stereocenters. The Morgan fingerprint density at radius 1 is 1.29 bits per heavy atom. The Morgan fingerprint density at radius 2 is 2.05 bits per heavy atom. The van der Waals surface area contributed by atoms with Gasteiger partial charge in [0.05, 0.1) is 12.1 Å². The lowest BCUT2D eigenvalue weighted by Gasteiger charge is -2.09. The Hall–Kier alpha value is -2.14. The molecule has 0 aliphatic heterocycles. The number of carbonyl (C=O) groups excluding carboxylic acids is 1. The van der Waals surface area contributed by atoms with Gasteiger partial charge in [-0.2, -0.15) is 0 Å². The lowest BCUT2D eigenvalue weighted by molar-refractivity contribution is -0.120. The highest BCUT2D eigenvalue weighted by Gasteiger charge is 2.10. The van der Waals surface area contributed by atoms with Crippen LogP contribution in [0.4, 0.5) is 0 Å². The van der Waals surface area contributed by atoms with Gasteiger partial charge in [-0.05, 0) is 27.1 Å². The molecule has 21 heavy (non-hydrogen) atoms. The molecule has 0 aliphatic rings. The summed E-state index contributed by atoms with van der Waals surface area (Å²) in [5, 5.41) is 6.83. The van der Waals surface area contributed by atoms with Crippen LogP contribution in [0.25, 0.3) is 11.3 Å². The van der Waals surface area contributed by atoms with Crippen LogP contribution in [-0.4, -0.2) is 43.1 Å². The number of nitrogens with zero attached hydrogens (tertiary/aromatic N) is 2. The average Bonchev–Trinajstić information content (AvgIpc) is 2.93. The quantitative estimate of drug-likeness (QED) is 0.791. The predicted molar refractivity (Wildman–Crippen MR) is 81.8 cm³/mol. The second-order valence-electron chi connectivity index (χ2n) is 5.23. The van der Waals surface area contributed by atoms with Gasteiger partial charge in [-0.25, -0.2) is 0 Å². The summed E-state index contributed by atoms with van der Waals surface area (Å²) in [5.74, 6) is 0.660. The summed E-state index contributed by atoms with van der Waals surface area (Å²) in [6.45, 7) is 1.64. The molecule has 1 aromatic carbocycles. The van der Waals surface area contributed by atoms with E-state index in [9.17, 15) is 4.79 Å². The van der Waals surface area contributed by atoms with Crippen LogP contribution in [0.2, 0.25) is 0 Å². The molecule has 0 fully saturated rings. The minimum atomic E-state index is -0.0262. The third-order valence-corrected chi connectivity index (χ3v) is 3.06. The molecule has 1 heterocycles. The van der Waals surface area contributed by atoms with Gasteiger partial charge in [0.1, 0.15) is 0 Å². The summed E-state index contributed by atoms with van der Waals surface area (Å²) in [4.78, 5) is 13.9. The topological polar surface area (TPSA) is 58.4 Å². The van der Waals surface area contributed by atoms with Gasteiger partial charge < -0.3 is 14.7 Å². The van der Waals surface area contributed by atoms with Gasteiger partial charge in [-0.1, -0.05) is 35.5 Å². The van der Waals surface area contributed by atoms with Crippen molar-refractivity contribution >= 4 is 5.91 Å². The largest absolute Gasteiger partial charge is 0.356 e. The smallest absolute Gasteiger partial charge is 0.226 e. The molecule has 0 aliphatic carbocycles. The fraction of sp³-hybridized carbons (Fsp3) is 0.375.